The van der Waals surface area contributed by atoms with Crippen molar-refractivity contribution >= 4 is 0 Å². The standard InChI is InChI=1S/C26H34N6O/c1-33-24-15-9-8-12-22(24)20-30-16-18-31(19-17-30)25(21-10-4-2-5-11-21)26-27-28-29-32(26)23-13-6-3-7-14-23/h2,4-5,8-12,15,23,25H,3,6-7,13-14,16-20H2,1H3. The Hall–Kier alpha value is -2.77. The highest BCUT2D eigenvalue weighted by atomic mass is 16.5. The maximum atomic E-state index is 5.56. The largest absolute Gasteiger partial charge is 0.496 e. The van der Waals surface area contributed by atoms with Crippen LogP contribution in [0.3, 0.4) is 0 Å². The summed E-state index contributed by atoms with van der Waals surface area (Å²) in [4.78, 5) is 5.07. The van der Waals surface area contributed by atoms with Gasteiger partial charge in [-0.05, 0) is 34.9 Å². The van der Waals surface area contributed by atoms with E-state index in [4.69, 9.17) is 4.74 Å². The fraction of sp³-hybridized carbons (Fsp3) is 0.500. The van der Waals surface area contributed by atoms with Gasteiger partial charge in [0.05, 0.1) is 19.2 Å². The molecule has 1 saturated heterocycles. The summed E-state index contributed by atoms with van der Waals surface area (Å²) in [6.45, 7) is 4.88. The Morgan fingerprint density at radius 1 is 0.909 bits per heavy atom. The number of nitrogens with zero attached hydrogens (tertiary/aromatic N) is 6. The Kier molecular flexibility index (Phi) is 6.98. The van der Waals surface area contributed by atoms with Gasteiger partial charge >= 0.3 is 0 Å². The minimum absolute atomic E-state index is 0.0801. The number of para-hydroxylation sites is 1. The second-order valence-corrected chi connectivity index (χ2v) is 9.21. The van der Waals surface area contributed by atoms with Crippen LogP contribution < -0.4 is 4.74 Å². The minimum atomic E-state index is 0.0801. The number of piperazine rings is 1. The van der Waals surface area contributed by atoms with E-state index >= 15 is 0 Å². The van der Waals surface area contributed by atoms with Crippen LogP contribution >= 0.6 is 0 Å². The van der Waals surface area contributed by atoms with Crippen molar-refractivity contribution in [1.29, 1.82) is 0 Å². The fourth-order valence-electron chi connectivity index (χ4n) is 5.38. The lowest BCUT2D eigenvalue weighted by Gasteiger charge is -2.39. The van der Waals surface area contributed by atoms with Gasteiger partial charge in [0.25, 0.3) is 0 Å². The summed E-state index contributed by atoms with van der Waals surface area (Å²) in [5.41, 5.74) is 2.51. The van der Waals surface area contributed by atoms with Gasteiger partial charge in [0.1, 0.15) is 5.75 Å². The van der Waals surface area contributed by atoms with Gasteiger partial charge in [-0.15, -0.1) is 5.10 Å². The van der Waals surface area contributed by atoms with Crippen LogP contribution in [0, 0.1) is 0 Å². The number of ether oxygens (including phenoxy) is 1. The summed E-state index contributed by atoms with van der Waals surface area (Å²) in [6.07, 6.45) is 6.20. The average Bonchev–Trinajstić information content (AvgIpc) is 3.36. The molecule has 1 atom stereocenters. The van der Waals surface area contributed by atoms with Crippen LogP contribution in [0.25, 0.3) is 0 Å². The molecule has 174 valence electrons. The van der Waals surface area contributed by atoms with Gasteiger partial charge in [-0.3, -0.25) is 9.80 Å². The van der Waals surface area contributed by atoms with Gasteiger partial charge in [-0.25, -0.2) is 4.68 Å². The Morgan fingerprint density at radius 3 is 2.39 bits per heavy atom. The first-order valence-electron chi connectivity index (χ1n) is 12.2. The van der Waals surface area contributed by atoms with Crippen molar-refractivity contribution in [2.45, 2.75) is 50.7 Å². The van der Waals surface area contributed by atoms with Gasteiger partial charge in [-0.1, -0.05) is 67.8 Å². The third-order valence-electron chi connectivity index (χ3n) is 7.16. The lowest BCUT2D eigenvalue weighted by molar-refractivity contribution is 0.0981. The molecule has 1 aliphatic heterocycles. The van der Waals surface area contributed by atoms with Gasteiger partial charge in [-0.2, -0.15) is 0 Å². The average molecular weight is 447 g/mol. The second kappa shape index (κ2) is 10.4. The maximum Gasteiger partial charge on any atom is 0.173 e. The molecule has 2 aromatic carbocycles. The number of methoxy groups -OCH3 is 1. The molecular weight excluding hydrogens is 412 g/mol. The zero-order valence-corrected chi connectivity index (χ0v) is 19.5. The van der Waals surface area contributed by atoms with Crippen LogP contribution in [-0.4, -0.2) is 63.3 Å². The molecule has 0 amide bonds. The highest BCUT2D eigenvalue weighted by molar-refractivity contribution is 5.33. The zero-order chi connectivity index (χ0) is 22.5. The van der Waals surface area contributed by atoms with Gasteiger partial charge in [0.2, 0.25) is 0 Å². The molecule has 2 fully saturated rings. The van der Waals surface area contributed by atoms with Gasteiger partial charge < -0.3 is 4.74 Å². The number of tetrazole rings is 1. The molecule has 2 aliphatic rings. The van der Waals surface area contributed by atoms with Gasteiger partial charge in [0.15, 0.2) is 5.82 Å². The SMILES string of the molecule is COc1ccccc1CN1CCN(C(c2ccccc2)c2nnnn2C2CCCCC2)CC1. The topological polar surface area (TPSA) is 59.3 Å². The summed E-state index contributed by atoms with van der Waals surface area (Å²) in [7, 11) is 1.75. The van der Waals surface area contributed by atoms with Crippen molar-refractivity contribution in [3.8, 4) is 5.75 Å². The molecule has 3 aromatic rings. The van der Waals surface area contributed by atoms with Crippen LogP contribution in [0.5, 0.6) is 5.75 Å². The molecule has 1 unspecified atom stereocenters. The Labute approximate surface area is 196 Å². The Morgan fingerprint density at radius 2 is 1.64 bits per heavy atom. The van der Waals surface area contributed by atoms with Gasteiger partial charge in [0, 0.05) is 38.3 Å². The molecule has 5 rings (SSSR count). The number of rotatable bonds is 7. The molecule has 1 aliphatic carbocycles. The number of hydrogen-bond acceptors (Lipinski definition) is 6. The molecule has 0 spiro atoms. The first-order valence-corrected chi connectivity index (χ1v) is 12.2. The molecule has 7 nitrogen and oxygen atoms in total. The van der Waals surface area contributed by atoms with Crippen LogP contribution in [0.1, 0.15) is 61.1 Å². The van der Waals surface area contributed by atoms with Crippen molar-refractivity contribution in [3.05, 3.63) is 71.5 Å². The van der Waals surface area contributed by atoms with Crippen molar-refractivity contribution in [3.63, 3.8) is 0 Å². The lowest BCUT2D eigenvalue weighted by atomic mass is 9.95. The summed E-state index contributed by atoms with van der Waals surface area (Å²) in [5.74, 6) is 1.96. The van der Waals surface area contributed by atoms with E-state index in [-0.39, 0.29) is 6.04 Å². The molecule has 1 aromatic heterocycles. The third kappa shape index (κ3) is 4.94. The zero-order valence-electron chi connectivity index (χ0n) is 19.5. The first-order chi connectivity index (χ1) is 16.3. The van der Waals surface area contributed by atoms with Crippen LogP contribution in [0.2, 0.25) is 0 Å². The third-order valence-corrected chi connectivity index (χ3v) is 7.16. The molecule has 1 saturated carbocycles. The smallest absolute Gasteiger partial charge is 0.173 e. The molecule has 33 heavy (non-hydrogen) atoms. The number of hydrogen-bond donors (Lipinski definition) is 0. The highest BCUT2D eigenvalue weighted by Gasteiger charge is 2.32. The van der Waals surface area contributed by atoms with E-state index in [0.29, 0.717) is 6.04 Å². The molecule has 0 bridgehead atoms. The van der Waals surface area contributed by atoms with Crippen LogP contribution in [0.4, 0.5) is 0 Å². The molecule has 7 heteroatoms. The summed E-state index contributed by atoms with van der Waals surface area (Å²) >= 11 is 0. The molecule has 2 heterocycles. The predicted octanol–water partition coefficient (Wildman–Crippen LogP) is 4.09. The van der Waals surface area contributed by atoms with Crippen molar-refractivity contribution in [1.82, 2.24) is 30.0 Å². The number of aromatic nitrogens is 4. The van der Waals surface area contributed by atoms with Crippen molar-refractivity contribution in [2.75, 3.05) is 33.3 Å². The molecular formula is C26H34N6O. The van der Waals surface area contributed by atoms with E-state index in [2.05, 4.69) is 72.5 Å². The Balaban J connectivity index is 1.35. The minimum Gasteiger partial charge on any atom is -0.496 e. The van der Waals surface area contributed by atoms with E-state index in [9.17, 15) is 0 Å². The summed E-state index contributed by atoms with van der Waals surface area (Å²) in [6, 6.07) is 19.6. The first kappa shape index (κ1) is 22.0. The summed E-state index contributed by atoms with van der Waals surface area (Å²) in [5, 5.41) is 13.2. The van der Waals surface area contributed by atoms with E-state index < -0.39 is 0 Å². The second-order valence-electron chi connectivity index (χ2n) is 9.21. The summed E-state index contributed by atoms with van der Waals surface area (Å²) < 4.78 is 7.70. The quantitative estimate of drug-likeness (QED) is 0.545. The lowest BCUT2D eigenvalue weighted by Crippen LogP contribution is -2.48. The molecule has 0 N–H and O–H groups in total. The fourth-order valence-corrected chi connectivity index (χ4v) is 5.38. The highest BCUT2D eigenvalue weighted by Crippen LogP contribution is 2.33. The van der Waals surface area contributed by atoms with E-state index in [1.807, 2.05) is 12.1 Å². The predicted molar refractivity (Wildman–Crippen MR) is 128 cm³/mol. The molecule has 0 radical (unpaired) electrons. The van der Waals surface area contributed by atoms with Crippen molar-refractivity contribution < 1.29 is 4.74 Å². The van der Waals surface area contributed by atoms with E-state index in [1.54, 1.807) is 7.11 Å². The van der Waals surface area contributed by atoms with Crippen molar-refractivity contribution in [2.24, 2.45) is 0 Å². The van der Waals surface area contributed by atoms with E-state index in [1.165, 1.54) is 43.2 Å². The Bertz CT molecular complexity index is 1010. The normalized spacial score (nSPS) is 19.4. The monoisotopic (exact) mass is 446 g/mol. The maximum absolute atomic E-state index is 5.56. The number of benzene rings is 2. The van der Waals surface area contributed by atoms with Crippen LogP contribution in [0.15, 0.2) is 54.6 Å². The van der Waals surface area contributed by atoms with Crippen LogP contribution in [-0.2, 0) is 6.54 Å². The van der Waals surface area contributed by atoms with E-state index in [0.717, 1.165) is 44.3 Å².